The van der Waals surface area contributed by atoms with Crippen molar-refractivity contribution in [3.8, 4) is 0 Å². The molecule has 0 aliphatic rings. The van der Waals surface area contributed by atoms with Crippen LogP contribution in [0.15, 0.2) is 66.7 Å². The number of nitrogens with one attached hydrogen (secondary N) is 2. The van der Waals surface area contributed by atoms with E-state index in [1.165, 1.54) is 0 Å². The second-order valence-corrected chi connectivity index (χ2v) is 9.17. The van der Waals surface area contributed by atoms with E-state index in [-0.39, 0.29) is 0 Å². The molecule has 0 aliphatic carbocycles. The Labute approximate surface area is 200 Å². The molecule has 0 spiro atoms. The average Bonchev–Trinajstić information content (AvgIpc) is 2.80. The molecule has 0 aromatic heterocycles. The van der Waals surface area contributed by atoms with Gasteiger partial charge >= 0.3 is 6.09 Å². The van der Waals surface area contributed by atoms with Crippen molar-refractivity contribution in [1.82, 2.24) is 10.8 Å². The third kappa shape index (κ3) is 7.86. The summed E-state index contributed by atoms with van der Waals surface area (Å²) in [5.41, 5.74) is 10.5. The van der Waals surface area contributed by atoms with Crippen molar-refractivity contribution in [3.05, 3.63) is 83.4 Å². The number of fused-ring (bicyclic) bond motifs is 1. The molecule has 0 bridgehead atoms. The lowest BCUT2D eigenvalue weighted by molar-refractivity contribution is -0.135. The summed E-state index contributed by atoms with van der Waals surface area (Å²) in [6, 6.07) is 21.0. The van der Waals surface area contributed by atoms with Gasteiger partial charge in [0.05, 0.1) is 6.61 Å². The zero-order chi connectivity index (χ0) is 24.6. The Hall–Kier alpha value is -3.42. The van der Waals surface area contributed by atoms with Crippen LogP contribution in [0, 0.1) is 0 Å². The molecule has 0 saturated carbocycles. The first-order valence-corrected chi connectivity index (χ1v) is 11.4. The molecule has 3 aromatic carbocycles. The van der Waals surface area contributed by atoms with Crippen LogP contribution in [0.3, 0.4) is 0 Å². The lowest BCUT2D eigenvalue weighted by Gasteiger charge is -2.23. The Bertz CT molecular complexity index is 1110. The maximum atomic E-state index is 12.9. The second kappa shape index (κ2) is 11.6. The Kier molecular flexibility index (Phi) is 8.62. The predicted molar refractivity (Wildman–Crippen MR) is 133 cm³/mol. The summed E-state index contributed by atoms with van der Waals surface area (Å²) in [7, 11) is 0. The van der Waals surface area contributed by atoms with Gasteiger partial charge in [-0.05, 0) is 54.7 Å². The molecule has 7 nitrogen and oxygen atoms in total. The topological polar surface area (TPSA) is 103 Å². The zero-order valence-corrected chi connectivity index (χ0v) is 20.0. The molecule has 7 heteroatoms. The van der Waals surface area contributed by atoms with Gasteiger partial charge in [0.25, 0.3) is 5.91 Å². The maximum Gasteiger partial charge on any atom is 0.408 e. The van der Waals surface area contributed by atoms with Gasteiger partial charge in [0.1, 0.15) is 11.6 Å². The first-order chi connectivity index (χ1) is 16.2. The highest BCUT2D eigenvalue weighted by Crippen LogP contribution is 2.17. The van der Waals surface area contributed by atoms with E-state index in [1.807, 2.05) is 66.7 Å². The summed E-state index contributed by atoms with van der Waals surface area (Å²) < 4.78 is 5.35. The molecular formula is C27H33N3O4. The fourth-order valence-electron chi connectivity index (χ4n) is 3.46. The molecule has 0 heterocycles. The summed E-state index contributed by atoms with van der Waals surface area (Å²) in [6.45, 7) is 6.11. The number of benzene rings is 3. The Morgan fingerprint density at radius 3 is 2.24 bits per heavy atom. The van der Waals surface area contributed by atoms with Gasteiger partial charge in [-0.25, -0.2) is 10.3 Å². The van der Waals surface area contributed by atoms with Crippen LogP contribution in [0.25, 0.3) is 10.8 Å². The number of alkyl carbamates (subject to hydrolysis) is 1. The normalized spacial score (nSPS) is 12.2. The minimum atomic E-state index is -0.861. The fraction of sp³-hybridized carbons (Fsp3) is 0.333. The maximum absolute atomic E-state index is 12.9. The van der Waals surface area contributed by atoms with Crippen molar-refractivity contribution >= 4 is 22.8 Å². The van der Waals surface area contributed by atoms with Gasteiger partial charge in [-0.1, -0.05) is 66.7 Å². The number of amides is 2. The predicted octanol–water partition coefficient (Wildman–Crippen LogP) is 4.02. The number of carbonyl (C=O) groups is 2. The molecule has 0 unspecified atom stereocenters. The Morgan fingerprint density at radius 2 is 1.56 bits per heavy atom. The van der Waals surface area contributed by atoms with Crippen molar-refractivity contribution in [2.75, 3.05) is 6.61 Å². The minimum Gasteiger partial charge on any atom is -0.444 e. The van der Waals surface area contributed by atoms with E-state index in [4.69, 9.17) is 15.3 Å². The number of hydroxylamine groups is 1. The molecule has 1 atom stereocenters. The van der Waals surface area contributed by atoms with Crippen LogP contribution in [0.2, 0.25) is 0 Å². The highest BCUT2D eigenvalue weighted by Gasteiger charge is 2.25. The molecule has 180 valence electrons. The summed E-state index contributed by atoms with van der Waals surface area (Å²) in [5.74, 6) is -0.447. The molecule has 2 amide bonds. The first-order valence-electron chi connectivity index (χ1n) is 11.4. The molecule has 3 aromatic rings. The van der Waals surface area contributed by atoms with Gasteiger partial charge < -0.3 is 15.8 Å². The van der Waals surface area contributed by atoms with E-state index in [0.29, 0.717) is 26.0 Å². The van der Waals surface area contributed by atoms with Gasteiger partial charge in [-0.15, -0.1) is 0 Å². The molecule has 0 fully saturated rings. The number of nitrogens with two attached hydrogens (primary N) is 1. The number of rotatable bonds is 9. The summed E-state index contributed by atoms with van der Waals surface area (Å²) in [5, 5.41) is 4.85. The molecule has 3 rings (SSSR count). The lowest BCUT2D eigenvalue weighted by atomic mass is 10.0. The van der Waals surface area contributed by atoms with Crippen LogP contribution in [0.1, 0.15) is 37.5 Å². The minimum absolute atomic E-state index is 0.291. The van der Waals surface area contributed by atoms with Gasteiger partial charge in [-0.2, -0.15) is 0 Å². The van der Waals surface area contributed by atoms with E-state index in [9.17, 15) is 9.59 Å². The van der Waals surface area contributed by atoms with Gasteiger partial charge in [0.15, 0.2) is 0 Å². The fourth-order valence-corrected chi connectivity index (χ4v) is 3.46. The largest absolute Gasteiger partial charge is 0.444 e. The van der Waals surface area contributed by atoms with E-state index >= 15 is 0 Å². The van der Waals surface area contributed by atoms with E-state index in [2.05, 4.69) is 10.8 Å². The highest BCUT2D eigenvalue weighted by atomic mass is 16.7. The van der Waals surface area contributed by atoms with Crippen molar-refractivity contribution in [2.45, 2.75) is 51.8 Å². The van der Waals surface area contributed by atoms with Crippen LogP contribution in [0.5, 0.6) is 0 Å². The van der Waals surface area contributed by atoms with Gasteiger partial charge in [-0.3, -0.25) is 9.63 Å². The number of ether oxygens (including phenoxy) is 1. The molecule has 4 N–H and O–H groups in total. The van der Waals surface area contributed by atoms with Crippen LogP contribution < -0.4 is 16.5 Å². The van der Waals surface area contributed by atoms with Crippen LogP contribution in [-0.2, 0) is 33.8 Å². The molecular weight excluding hydrogens is 430 g/mol. The van der Waals surface area contributed by atoms with Crippen molar-refractivity contribution < 1.29 is 19.2 Å². The monoisotopic (exact) mass is 463 g/mol. The Morgan fingerprint density at radius 1 is 0.912 bits per heavy atom. The van der Waals surface area contributed by atoms with Crippen LogP contribution in [0.4, 0.5) is 4.79 Å². The number of hydrogen-bond donors (Lipinski definition) is 3. The Balaban J connectivity index is 1.62. The SMILES string of the molecule is CC(C)(C)OC(=O)N[C@H](Cc1ccc2ccccc2c1)C(=O)NOCCc1ccc(CN)cc1. The number of carbonyl (C=O) groups excluding carboxylic acids is 2. The van der Waals surface area contributed by atoms with Gasteiger partial charge in [0, 0.05) is 13.0 Å². The molecule has 0 saturated heterocycles. The van der Waals surface area contributed by atoms with Crippen LogP contribution >= 0.6 is 0 Å². The molecule has 34 heavy (non-hydrogen) atoms. The molecule has 0 radical (unpaired) electrons. The lowest BCUT2D eigenvalue weighted by Crippen LogP contribution is -2.49. The smallest absolute Gasteiger partial charge is 0.408 e. The third-order valence-electron chi connectivity index (χ3n) is 5.19. The van der Waals surface area contributed by atoms with Crippen molar-refractivity contribution in [1.29, 1.82) is 0 Å². The quantitative estimate of drug-likeness (QED) is 0.329. The molecule has 0 aliphatic heterocycles. The first kappa shape index (κ1) is 25.2. The summed E-state index contributed by atoms with van der Waals surface area (Å²) in [6.07, 6.45) is 0.258. The summed E-state index contributed by atoms with van der Waals surface area (Å²) in [4.78, 5) is 30.7. The second-order valence-electron chi connectivity index (χ2n) is 9.17. The van der Waals surface area contributed by atoms with Crippen molar-refractivity contribution in [3.63, 3.8) is 0 Å². The van der Waals surface area contributed by atoms with E-state index in [0.717, 1.165) is 27.5 Å². The average molecular weight is 464 g/mol. The standard InChI is InChI=1S/C27H33N3O4/c1-27(2,3)34-26(32)29-24(17-21-12-13-22-6-4-5-7-23(22)16-21)25(31)30-33-15-14-19-8-10-20(18-28)11-9-19/h4-13,16,24H,14-15,17-18,28H2,1-3H3,(H,29,32)(H,30,31)/t24-/m1/s1. The third-order valence-corrected chi connectivity index (χ3v) is 5.19. The summed E-state index contributed by atoms with van der Waals surface area (Å²) >= 11 is 0. The number of hydrogen-bond acceptors (Lipinski definition) is 5. The van der Waals surface area contributed by atoms with Gasteiger partial charge in [0.2, 0.25) is 0 Å². The highest BCUT2D eigenvalue weighted by molar-refractivity contribution is 5.86. The van der Waals surface area contributed by atoms with Crippen molar-refractivity contribution in [2.24, 2.45) is 5.73 Å². The van der Waals surface area contributed by atoms with E-state index in [1.54, 1.807) is 20.8 Å². The zero-order valence-electron chi connectivity index (χ0n) is 20.0. The van der Waals surface area contributed by atoms with Crippen LogP contribution in [-0.4, -0.2) is 30.3 Å². The van der Waals surface area contributed by atoms with E-state index < -0.39 is 23.6 Å².